The maximum absolute atomic E-state index is 13.1. The Hall–Kier alpha value is -1.79. The number of carbonyl (C=O) groups excluding carboxylic acids is 1. The Kier molecular flexibility index (Phi) is 6.24. The zero-order valence-corrected chi connectivity index (χ0v) is 14.0. The fourth-order valence-corrected chi connectivity index (χ4v) is 3.19. The fourth-order valence-electron chi connectivity index (χ4n) is 2.27. The SMILES string of the molecule is CN(C)[C@@H](CNC(=O)CCc1ccc(F)c(F)c1)c1cccs1. The van der Waals surface area contributed by atoms with Crippen molar-refractivity contribution in [2.75, 3.05) is 20.6 Å². The van der Waals surface area contributed by atoms with E-state index in [-0.39, 0.29) is 18.4 Å². The molecule has 0 unspecified atom stereocenters. The Balaban J connectivity index is 1.83. The highest BCUT2D eigenvalue weighted by Gasteiger charge is 2.16. The first kappa shape index (κ1) is 17.6. The molecule has 0 saturated carbocycles. The number of carbonyl (C=O) groups is 1. The molecule has 2 aromatic rings. The van der Waals surface area contributed by atoms with Gasteiger partial charge in [0.15, 0.2) is 11.6 Å². The van der Waals surface area contributed by atoms with Crippen molar-refractivity contribution in [3.8, 4) is 0 Å². The molecule has 2 rings (SSSR count). The van der Waals surface area contributed by atoms with E-state index in [1.807, 2.05) is 31.6 Å². The summed E-state index contributed by atoms with van der Waals surface area (Å²) in [6.45, 7) is 0.518. The summed E-state index contributed by atoms with van der Waals surface area (Å²) in [7, 11) is 3.94. The van der Waals surface area contributed by atoms with E-state index in [0.717, 1.165) is 12.1 Å². The third kappa shape index (κ3) is 5.11. The van der Waals surface area contributed by atoms with E-state index in [1.165, 1.54) is 10.9 Å². The number of nitrogens with one attached hydrogen (secondary N) is 1. The normalized spacial score (nSPS) is 12.4. The van der Waals surface area contributed by atoms with Gasteiger partial charge in [-0.05, 0) is 49.7 Å². The van der Waals surface area contributed by atoms with Gasteiger partial charge in [0.05, 0.1) is 6.04 Å². The topological polar surface area (TPSA) is 32.3 Å². The van der Waals surface area contributed by atoms with Gasteiger partial charge in [-0.25, -0.2) is 8.78 Å². The molecule has 0 aliphatic carbocycles. The highest BCUT2D eigenvalue weighted by molar-refractivity contribution is 7.10. The van der Waals surface area contributed by atoms with Crippen LogP contribution in [0.4, 0.5) is 8.78 Å². The Labute approximate surface area is 138 Å². The molecule has 1 aromatic carbocycles. The number of hydrogen-bond acceptors (Lipinski definition) is 3. The second-order valence-corrected chi connectivity index (χ2v) is 6.53. The monoisotopic (exact) mass is 338 g/mol. The molecule has 0 spiro atoms. The average Bonchev–Trinajstić information content (AvgIpc) is 3.02. The molecule has 1 atom stereocenters. The molecule has 1 amide bonds. The van der Waals surface area contributed by atoms with Crippen LogP contribution in [-0.4, -0.2) is 31.4 Å². The molecule has 0 aliphatic rings. The lowest BCUT2D eigenvalue weighted by molar-refractivity contribution is -0.121. The van der Waals surface area contributed by atoms with Crippen LogP contribution < -0.4 is 5.32 Å². The molecule has 0 bridgehead atoms. The number of halogens is 2. The number of likely N-dealkylation sites (N-methyl/N-ethyl adjacent to an activating group) is 1. The molecule has 23 heavy (non-hydrogen) atoms. The van der Waals surface area contributed by atoms with E-state index in [9.17, 15) is 13.6 Å². The molecule has 3 nitrogen and oxygen atoms in total. The second-order valence-electron chi connectivity index (χ2n) is 5.55. The van der Waals surface area contributed by atoms with Crippen LogP contribution in [-0.2, 0) is 11.2 Å². The first-order valence-electron chi connectivity index (χ1n) is 7.38. The van der Waals surface area contributed by atoms with E-state index in [4.69, 9.17) is 0 Å². The number of rotatable bonds is 7. The maximum atomic E-state index is 13.1. The fraction of sp³-hybridized carbons (Fsp3) is 0.353. The van der Waals surface area contributed by atoms with Gasteiger partial charge in [-0.2, -0.15) is 0 Å². The molecule has 0 fully saturated rings. The summed E-state index contributed by atoms with van der Waals surface area (Å²) in [6, 6.07) is 7.88. The van der Waals surface area contributed by atoms with Crippen molar-refractivity contribution < 1.29 is 13.6 Å². The van der Waals surface area contributed by atoms with E-state index >= 15 is 0 Å². The first-order chi connectivity index (χ1) is 11.0. The maximum Gasteiger partial charge on any atom is 0.220 e. The van der Waals surface area contributed by atoms with Gasteiger partial charge in [0, 0.05) is 17.8 Å². The number of aryl methyl sites for hydroxylation is 1. The van der Waals surface area contributed by atoms with Gasteiger partial charge < -0.3 is 10.2 Å². The molecule has 0 radical (unpaired) electrons. The van der Waals surface area contributed by atoms with E-state index in [1.54, 1.807) is 11.3 Å². The highest BCUT2D eigenvalue weighted by Crippen LogP contribution is 2.22. The van der Waals surface area contributed by atoms with Crippen molar-refractivity contribution in [3.05, 3.63) is 57.8 Å². The van der Waals surface area contributed by atoms with Crippen LogP contribution in [0.15, 0.2) is 35.7 Å². The lowest BCUT2D eigenvalue weighted by Crippen LogP contribution is -2.34. The van der Waals surface area contributed by atoms with Crippen LogP contribution in [0.5, 0.6) is 0 Å². The lowest BCUT2D eigenvalue weighted by atomic mass is 10.1. The van der Waals surface area contributed by atoms with Gasteiger partial charge in [0.25, 0.3) is 0 Å². The molecule has 0 saturated heterocycles. The van der Waals surface area contributed by atoms with Gasteiger partial charge in [-0.3, -0.25) is 4.79 Å². The zero-order chi connectivity index (χ0) is 16.8. The number of nitrogens with zero attached hydrogens (tertiary/aromatic N) is 1. The summed E-state index contributed by atoms with van der Waals surface area (Å²) in [5.74, 6) is -1.85. The second kappa shape index (κ2) is 8.17. The lowest BCUT2D eigenvalue weighted by Gasteiger charge is -2.23. The molecule has 1 heterocycles. The smallest absolute Gasteiger partial charge is 0.220 e. The summed E-state index contributed by atoms with van der Waals surface area (Å²) in [5.41, 5.74) is 0.612. The molecule has 1 N–H and O–H groups in total. The minimum atomic E-state index is -0.881. The molecular weight excluding hydrogens is 318 g/mol. The van der Waals surface area contributed by atoms with Crippen molar-refractivity contribution in [1.82, 2.24) is 10.2 Å². The van der Waals surface area contributed by atoms with Crippen LogP contribution in [0.2, 0.25) is 0 Å². The van der Waals surface area contributed by atoms with Crippen LogP contribution in [0.1, 0.15) is 22.9 Å². The summed E-state index contributed by atoms with van der Waals surface area (Å²) in [6.07, 6.45) is 0.629. The van der Waals surface area contributed by atoms with Crippen molar-refractivity contribution in [3.63, 3.8) is 0 Å². The summed E-state index contributed by atoms with van der Waals surface area (Å²) < 4.78 is 26.0. The van der Waals surface area contributed by atoms with E-state index < -0.39 is 11.6 Å². The minimum Gasteiger partial charge on any atom is -0.354 e. The van der Waals surface area contributed by atoms with Gasteiger partial charge in [0.2, 0.25) is 5.91 Å². The molecule has 124 valence electrons. The van der Waals surface area contributed by atoms with Crippen molar-refractivity contribution in [2.24, 2.45) is 0 Å². The van der Waals surface area contributed by atoms with E-state index in [2.05, 4.69) is 10.2 Å². The number of hydrogen-bond donors (Lipinski definition) is 1. The quantitative estimate of drug-likeness (QED) is 0.839. The predicted molar refractivity (Wildman–Crippen MR) is 88.4 cm³/mol. The third-order valence-corrected chi connectivity index (χ3v) is 4.59. The Morgan fingerprint density at radius 2 is 2.04 bits per heavy atom. The molecule has 6 heteroatoms. The number of amides is 1. The van der Waals surface area contributed by atoms with Crippen molar-refractivity contribution >= 4 is 17.2 Å². The Morgan fingerprint density at radius 3 is 2.65 bits per heavy atom. The summed E-state index contributed by atoms with van der Waals surface area (Å²) in [4.78, 5) is 15.2. The Bertz CT molecular complexity index is 644. The summed E-state index contributed by atoms with van der Waals surface area (Å²) in [5, 5.41) is 4.92. The van der Waals surface area contributed by atoms with Crippen LogP contribution in [0.25, 0.3) is 0 Å². The standard InChI is InChI=1S/C17H20F2N2OS/c1-21(2)15(16-4-3-9-23-16)11-20-17(22)8-6-12-5-7-13(18)14(19)10-12/h3-5,7,9-10,15H,6,8,11H2,1-2H3,(H,20,22)/t15-/m0/s1. The minimum absolute atomic E-state index is 0.0989. The van der Waals surface area contributed by atoms with Crippen LogP contribution >= 0.6 is 11.3 Å². The molecular formula is C17H20F2N2OS. The highest BCUT2D eigenvalue weighted by atomic mass is 32.1. The van der Waals surface area contributed by atoms with Gasteiger partial charge in [-0.1, -0.05) is 12.1 Å². The van der Waals surface area contributed by atoms with Gasteiger partial charge in [0.1, 0.15) is 0 Å². The molecule has 0 aliphatic heterocycles. The van der Waals surface area contributed by atoms with Gasteiger partial charge in [-0.15, -0.1) is 11.3 Å². The van der Waals surface area contributed by atoms with Crippen LogP contribution in [0.3, 0.4) is 0 Å². The Morgan fingerprint density at radius 1 is 1.26 bits per heavy atom. The van der Waals surface area contributed by atoms with Crippen LogP contribution in [0, 0.1) is 11.6 Å². The predicted octanol–water partition coefficient (Wildman–Crippen LogP) is 3.38. The third-order valence-electron chi connectivity index (χ3n) is 3.61. The van der Waals surface area contributed by atoms with Crippen molar-refractivity contribution in [2.45, 2.75) is 18.9 Å². The average molecular weight is 338 g/mol. The number of benzene rings is 1. The van der Waals surface area contributed by atoms with Crippen molar-refractivity contribution in [1.29, 1.82) is 0 Å². The van der Waals surface area contributed by atoms with E-state index in [0.29, 0.717) is 18.5 Å². The largest absolute Gasteiger partial charge is 0.354 e. The zero-order valence-electron chi connectivity index (χ0n) is 13.2. The first-order valence-corrected chi connectivity index (χ1v) is 8.26. The van der Waals surface area contributed by atoms with Gasteiger partial charge >= 0.3 is 0 Å². The number of thiophene rings is 1. The molecule has 1 aromatic heterocycles. The summed E-state index contributed by atoms with van der Waals surface area (Å²) >= 11 is 1.65.